The molecular weight excluding hydrogens is 208 g/mol. The lowest BCUT2D eigenvalue weighted by Gasteiger charge is -2.09. The lowest BCUT2D eigenvalue weighted by Crippen LogP contribution is -2.03. The Kier molecular flexibility index (Phi) is 6.76. The molecule has 0 amide bonds. The van der Waals surface area contributed by atoms with Crippen LogP contribution >= 0.6 is 0 Å². The first-order valence-corrected chi connectivity index (χ1v) is 5.08. The predicted molar refractivity (Wildman–Crippen MR) is 59.8 cm³/mol. The zero-order valence-corrected chi connectivity index (χ0v) is 9.77. The lowest BCUT2D eigenvalue weighted by atomic mass is 10.1. The Morgan fingerprint density at radius 3 is 1.62 bits per heavy atom. The van der Waals surface area contributed by atoms with E-state index in [2.05, 4.69) is 0 Å². The molecule has 1 aromatic carbocycles. The SMILES string of the molecule is COCOCc1ccccc1COCOC. The number of hydrogen-bond donors (Lipinski definition) is 0. The molecule has 1 rings (SSSR count). The Hall–Kier alpha value is -0.940. The van der Waals surface area contributed by atoms with E-state index in [4.69, 9.17) is 18.9 Å². The van der Waals surface area contributed by atoms with Gasteiger partial charge in [0, 0.05) is 14.2 Å². The Bertz CT molecular complexity index is 259. The second-order valence-electron chi connectivity index (χ2n) is 3.28. The molecule has 0 atom stereocenters. The van der Waals surface area contributed by atoms with E-state index in [9.17, 15) is 0 Å². The first kappa shape index (κ1) is 13.1. The molecule has 0 unspecified atom stereocenters. The molecule has 4 nitrogen and oxygen atoms in total. The first-order chi connectivity index (χ1) is 7.88. The second-order valence-corrected chi connectivity index (χ2v) is 3.28. The van der Waals surface area contributed by atoms with Crippen molar-refractivity contribution in [1.82, 2.24) is 0 Å². The van der Waals surface area contributed by atoms with Crippen molar-refractivity contribution in [2.24, 2.45) is 0 Å². The highest BCUT2D eigenvalue weighted by Gasteiger charge is 2.01. The summed E-state index contributed by atoms with van der Waals surface area (Å²) in [5.41, 5.74) is 2.21. The molecule has 90 valence electrons. The van der Waals surface area contributed by atoms with Gasteiger partial charge in [-0.1, -0.05) is 24.3 Å². The van der Waals surface area contributed by atoms with Crippen LogP contribution in [0, 0.1) is 0 Å². The van der Waals surface area contributed by atoms with Crippen LogP contribution in [-0.4, -0.2) is 27.8 Å². The maximum atomic E-state index is 5.31. The van der Waals surface area contributed by atoms with E-state index in [0.29, 0.717) is 26.8 Å². The molecule has 0 aliphatic heterocycles. The van der Waals surface area contributed by atoms with Crippen LogP contribution in [0.25, 0.3) is 0 Å². The molecule has 0 bridgehead atoms. The summed E-state index contributed by atoms with van der Waals surface area (Å²) in [6, 6.07) is 7.99. The van der Waals surface area contributed by atoms with Gasteiger partial charge in [-0.15, -0.1) is 0 Å². The van der Waals surface area contributed by atoms with E-state index in [1.165, 1.54) is 0 Å². The van der Waals surface area contributed by atoms with Gasteiger partial charge in [-0.25, -0.2) is 0 Å². The van der Waals surface area contributed by atoms with Crippen LogP contribution in [0.1, 0.15) is 11.1 Å². The minimum Gasteiger partial charge on any atom is -0.359 e. The summed E-state index contributed by atoms with van der Waals surface area (Å²) in [5, 5.41) is 0. The number of benzene rings is 1. The fourth-order valence-corrected chi connectivity index (χ4v) is 1.31. The standard InChI is InChI=1S/C12H18O4/c1-13-9-15-7-11-5-3-4-6-12(11)8-16-10-14-2/h3-6H,7-10H2,1-2H3. The Balaban J connectivity index is 2.46. The van der Waals surface area contributed by atoms with Crippen molar-refractivity contribution in [3.8, 4) is 0 Å². The normalized spacial score (nSPS) is 10.6. The largest absolute Gasteiger partial charge is 0.359 e. The van der Waals surface area contributed by atoms with E-state index in [0.717, 1.165) is 11.1 Å². The fraction of sp³-hybridized carbons (Fsp3) is 0.500. The zero-order chi connectivity index (χ0) is 11.6. The van der Waals surface area contributed by atoms with Crippen LogP contribution in [-0.2, 0) is 32.2 Å². The van der Waals surface area contributed by atoms with Crippen molar-refractivity contribution in [3.05, 3.63) is 35.4 Å². The monoisotopic (exact) mass is 226 g/mol. The lowest BCUT2D eigenvalue weighted by molar-refractivity contribution is -0.0455. The van der Waals surface area contributed by atoms with Gasteiger partial charge in [0.2, 0.25) is 0 Å². The number of hydrogen-bond acceptors (Lipinski definition) is 4. The summed E-state index contributed by atoms with van der Waals surface area (Å²) in [6.07, 6.45) is 0. The highest BCUT2D eigenvalue weighted by molar-refractivity contribution is 5.25. The summed E-state index contributed by atoms with van der Waals surface area (Å²) < 4.78 is 20.3. The minimum absolute atomic E-state index is 0.299. The van der Waals surface area contributed by atoms with Crippen molar-refractivity contribution in [2.75, 3.05) is 27.8 Å². The number of ether oxygens (including phenoxy) is 4. The molecular formula is C12H18O4. The molecule has 0 fully saturated rings. The van der Waals surface area contributed by atoms with Gasteiger partial charge in [-0.2, -0.15) is 0 Å². The molecule has 0 saturated heterocycles. The fourth-order valence-electron chi connectivity index (χ4n) is 1.31. The molecule has 4 heteroatoms. The number of methoxy groups -OCH3 is 2. The van der Waals surface area contributed by atoms with Crippen LogP contribution < -0.4 is 0 Å². The van der Waals surface area contributed by atoms with Gasteiger partial charge in [0.05, 0.1) is 13.2 Å². The molecule has 0 aromatic heterocycles. The highest BCUT2D eigenvalue weighted by Crippen LogP contribution is 2.11. The second kappa shape index (κ2) is 8.24. The summed E-state index contributed by atoms with van der Waals surface area (Å²) in [5.74, 6) is 0. The summed E-state index contributed by atoms with van der Waals surface area (Å²) in [4.78, 5) is 0. The van der Waals surface area contributed by atoms with Crippen molar-refractivity contribution < 1.29 is 18.9 Å². The topological polar surface area (TPSA) is 36.9 Å². The van der Waals surface area contributed by atoms with Crippen molar-refractivity contribution >= 4 is 0 Å². The molecule has 0 saturated carbocycles. The van der Waals surface area contributed by atoms with E-state index in [1.807, 2.05) is 24.3 Å². The third-order valence-corrected chi connectivity index (χ3v) is 2.04. The smallest absolute Gasteiger partial charge is 0.146 e. The predicted octanol–water partition coefficient (Wildman–Crippen LogP) is 1.93. The molecule has 16 heavy (non-hydrogen) atoms. The van der Waals surface area contributed by atoms with Gasteiger partial charge >= 0.3 is 0 Å². The van der Waals surface area contributed by atoms with E-state index < -0.39 is 0 Å². The first-order valence-electron chi connectivity index (χ1n) is 5.08. The average molecular weight is 226 g/mol. The minimum atomic E-state index is 0.299. The molecule has 0 aliphatic carbocycles. The quantitative estimate of drug-likeness (QED) is 0.501. The van der Waals surface area contributed by atoms with E-state index in [1.54, 1.807) is 14.2 Å². The van der Waals surface area contributed by atoms with Gasteiger partial charge in [0.1, 0.15) is 13.6 Å². The van der Waals surface area contributed by atoms with Crippen LogP contribution in [0.15, 0.2) is 24.3 Å². The Morgan fingerprint density at radius 2 is 1.25 bits per heavy atom. The molecule has 0 N–H and O–H groups in total. The van der Waals surface area contributed by atoms with E-state index >= 15 is 0 Å². The Morgan fingerprint density at radius 1 is 0.812 bits per heavy atom. The third kappa shape index (κ3) is 4.72. The third-order valence-electron chi connectivity index (χ3n) is 2.04. The van der Waals surface area contributed by atoms with Crippen LogP contribution in [0.5, 0.6) is 0 Å². The van der Waals surface area contributed by atoms with E-state index in [-0.39, 0.29) is 0 Å². The van der Waals surface area contributed by atoms with Crippen molar-refractivity contribution in [2.45, 2.75) is 13.2 Å². The summed E-state index contributed by atoms with van der Waals surface area (Å²) >= 11 is 0. The average Bonchev–Trinajstić information content (AvgIpc) is 2.32. The van der Waals surface area contributed by atoms with Crippen LogP contribution in [0.4, 0.5) is 0 Å². The highest BCUT2D eigenvalue weighted by atomic mass is 16.7. The van der Waals surface area contributed by atoms with Crippen LogP contribution in [0.2, 0.25) is 0 Å². The molecule has 0 radical (unpaired) electrons. The maximum absolute atomic E-state index is 5.31. The maximum Gasteiger partial charge on any atom is 0.146 e. The van der Waals surface area contributed by atoms with Gasteiger partial charge in [-0.05, 0) is 11.1 Å². The van der Waals surface area contributed by atoms with Gasteiger partial charge < -0.3 is 18.9 Å². The van der Waals surface area contributed by atoms with Crippen molar-refractivity contribution in [1.29, 1.82) is 0 Å². The van der Waals surface area contributed by atoms with Gasteiger partial charge in [0.25, 0.3) is 0 Å². The zero-order valence-electron chi connectivity index (χ0n) is 9.77. The number of rotatable bonds is 8. The molecule has 1 aromatic rings. The molecule has 0 heterocycles. The van der Waals surface area contributed by atoms with Gasteiger partial charge in [-0.3, -0.25) is 0 Å². The van der Waals surface area contributed by atoms with Crippen molar-refractivity contribution in [3.63, 3.8) is 0 Å². The van der Waals surface area contributed by atoms with Crippen LogP contribution in [0.3, 0.4) is 0 Å². The van der Waals surface area contributed by atoms with Gasteiger partial charge in [0.15, 0.2) is 0 Å². The molecule has 0 spiro atoms. The summed E-state index contributed by atoms with van der Waals surface area (Å²) in [6.45, 7) is 1.65. The summed E-state index contributed by atoms with van der Waals surface area (Å²) in [7, 11) is 3.21. The Labute approximate surface area is 96.1 Å². The molecule has 0 aliphatic rings.